The van der Waals surface area contributed by atoms with Crippen molar-refractivity contribution >= 4 is 17.9 Å². The lowest BCUT2D eigenvalue weighted by Crippen LogP contribution is -2.30. The Kier molecular flexibility index (Phi) is 64.2. The molecule has 1 unspecified atom stereocenters. The van der Waals surface area contributed by atoms with E-state index < -0.39 is 6.10 Å². The molecule has 0 rings (SSSR count). The van der Waals surface area contributed by atoms with Crippen LogP contribution >= 0.6 is 0 Å². The first-order valence-electron chi connectivity index (χ1n) is 34.3. The summed E-state index contributed by atoms with van der Waals surface area (Å²) in [6, 6.07) is 0. The van der Waals surface area contributed by atoms with Gasteiger partial charge in [0, 0.05) is 19.3 Å². The number of carbonyl (C=O) groups is 3. The Balaban J connectivity index is 4.11. The van der Waals surface area contributed by atoms with E-state index in [1.54, 1.807) is 0 Å². The van der Waals surface area contributed by atoms with E-state index in [9.17, 15) is 14.4 Å². The van der Waals surface area contributed by atoms with Crippen molar-refractivity contribution in [1.29, 1.82) is 0 Å². The Hall–Kier alpha value is -2.89. The van der Waals surface area contributed by atoms with Crippen molar-refractivity contribution in [3.63, 3.8) is 0 Å². The maximum atomic E-state index is 12.9. The van der Waals surface area contributed by atoms with Crippen molar-refractivity contribution in [2.45, 2.75) is 367 Å². The molecule has 0 saturated heterocycles. The summed E-state index contributed by atoms with van der Waals surface area (Å²) in [5.74, 6) is -0.869. The number of unbranched alkanes of at least 4 members (excludes halogenated alkanes) is 42. The Labute approximate surface area is 485 Å². The van der Waals surface area contributed by atoms with E-state index in [0.29, 0.717) is 19.3 Å². The summed E-state index contributed by atoms with van der Waals surface area (Å²) in [7, 11) is 0. The van der Waals surface area contributed by atoms with E-state index in [2.05, 4.69) is 81.5 Å². The summed E-state index contributed by atoms with van der Waals surface area (Å²) in [5, 5.41) is 0. The zero-order chi connectivity index (χ0) is 56.4. The van der Waals surface area contributed by atoms with Gasteiger partial charge in [0.25, 0.3) is 0 Å². The van der Waals surface area contributed by atoms with Gasteiger partial charge in [0.1, 0.15) is 13.2 Å². The van der Waals surface area contributed by atoms with Crippen molar-refractivity contribution in [3.05, 3.63) is 60.8 Å². The standard InChI is InChI=1S/C72H130O6/c1-4-7-10-13-16-19-22-25-27-28-29-30-31-32-33-34-35-36-37-38-39-40-41-42-43-44-46-47-50-53-56-59-62-65-71(74)77-68-69(67-76-70(73)64-61-58-55-52-49-24-21-18-15-12-9-6-3)78-72(75)66-63-60-57-54-51-48-45-26-23-20-17-14-11-8-5-2/h17,20,22,25-26,28-29,31-32,45,69H,4-16,18-19,21,23-24,27,30,33-44,46-68H2,1-3H3/b20-17-,25-22-,29-28-,32-31-,45-26-. The summed E-state index contributed by atoms with van der Waals surface area (Å²) < 4.78 is 16.9. The average molecular weight is 1090 g/mol. The fourth-order valence-corrected chi connectivity index (χ4v) is 10.1. The molecule has 6 nitrogen and oxygen atoms in total. The van der Waals surface area contributed by atoms with E-state index >= 15 is 0 Å². The second-order valence-corrected chi connectivity index (χ2v) is 23.1. The van der Waals surface area contributed by atoms with Crippen LogP contribution < -0.4 is 0 Å². The first-order valence-corrected chi connectivity index (χ1v) is 34.3. The summed E-state index contributed by atoms with van der Waals surface area (Å²) in [4.78, 5) is 38.3. The number of esters is 3. The van der Waals surface area contributed by atoms with Crippen LogP contribution in [-0.4, -0.2) is 37.2 Å². The van der Waals surface area contributed by atoms with Gasteiger partial charge in [-0.2, -0.15) is 0 Å². The third-order valence-corrected chi connectivity index (χ3v) is 15.2. The predicted molar refractivity (Wildman–Crippen MR) is 339 cm³/mol. The molecule has 1 atom stereocenters. The summed E-state index contributed by atoms with van der Waals surface area (Å²) in [5.41, 5.74) is 0. The van der Waals surface area contributed by atoms with Gasteiger partial charge in [-0.25, -0.2) is 0 Å². The monoisotopic (exact) mass is 1090 g/mol. The van der Waals surface area contributed by atoms with Crippen LogP contribution in [0.15, 0.2) is 60.8 Å². The van der Waals surface area contributed by atoms with Gasteiger partial charge in [0.15, 0.2) is 6.10 Å². The van der Waals surface area contributed by atoms with E-state index in [-0.39, 0.29) is 31.1 Å². The molecule has 0 aromatic rings. The molecule has 0 spiro atoms. The van der Waals surface area contributed by atoms with Crippen LogP contribution in [0.5, 0.6) is 0 Å². The van der Waals surface area contributed by atoms with Crippen molar-refractivity contribution < 1.29 is 28.6 Å². The van der Waals surface area contributed by atoms with Gasteiger partial charge in [-0.15, -0.1) is 0 Å². The third kappa shape index (κ3) is 63.9. The molecule has 0 aliphatic rings. The van der Waals surface area contributed by atoms with Crippen LogP contribution in [0.3, 0.4) is 0 Å². The predicted octanol–water partition coefficient (Wildman–Crippen LogP) is 23.5. The highest BCUT2D eigenvalue weighted by molar-refractivity contribution is 5.71. The average Bonchev–Trinajstić information content (AvgIpc) is 3.44. The smallest absolute Gasteiger partial charge is 0.306 e. The largest absolute Gasteiger partial charge is 0.462 e. The number of hydrogen-bond donors (Lipinski definition) is 0. The van der Waals surface area contributed by atoms with Gasteiger partial charge in [-0.3, -0.25) is 14.4 Å². The Bertz CT molecular complexity index is 1390. The fraction of sp³-hybridized carbons (Fsp3) is 0.819. The van der Waals surface area contributed by atoms with Crippen LogP contribution in [-0.2, 0) is 28.6 Å². The molecule has 0 heterocycles. The second-order valence-electron chi connectivity index (χ2n) is 23.1. The highest BCUT2D eigenvalue weighted by Gasteiger charge is 2.19. The van der Waals surface area contributed by atoms with Crippen molar-refractivity contribution in [2.75, 3.05) is 13.2 Å². The summed E-state index contributed by atoms with van der Waals surface area (Å²) in [6.07, 6.45) is 85.4. The van der Waals surface area contributed by atoms with Crippen LogP contribution in [0.2, 0.25) is 0 Å². The molecule has 0 amide bonds. The number of ether oxygens (including phenoxy) is 3. The van der Waals surface area contributed by atoms with Crippen LogP contribution in [0, 0.1) is 0 Å². The number of carbonyl (C=O) groups excluding carboxylic acids is 3. The number of hydrogen-bond acceptors (Lipinski definition) is 6. The van der Waals surface area contributed by atoms with E-state index in [1.807, 2.05) is 0 Å². The Morgan fingerprint density at radius 2 is 0.462 bits per heavy atom. The lowest BCUT2D eigenvalue weighted by Gasteiger charge is -2.18. The van der Waals surface area contributed by atoms with Crippen molar-refractivity contribution in [1.82, 2.24) is 0 Å². The van der Waals surface area contributed by atoms with E-state index in [1.165, 1.54) is 225 Å². The molecule has 78 heavy (non-hydrogen) atoms. The van der Waals surface area contributed by atoms with Gasteiger partial charge >= 0.3 is 17.9 Å². The zero-order valence-corrected chi connectivity index (χ0v) is 52.2. The Morgan fingerprint density at radius 3 is 0.744 bits per heavy atom. The van der Waals surface area contributed by atoms with Crippen LogP contribution in [0.4, 0.5) is 0 Å². The second kappa shape index (κ2) is 66.6. The molecular formula is C72H130O6. The molecular weight excluding hydrogens is 961 g/mol. The highest BCUT2D eigenvalue weighted by Crippen LogP contribution is 2.18. The van der Waals surface area contributed by atoms with E-state index in [4.69, 9.17) is 14.2 Å². The lowest BCUT2D eigenvalue weighted by atomic mass is 10.0. The van der Waals surface area contributed by atoms with Gasteiger partial charge < -0.3 is 14.2 Å². The van der Waals surface area contributed by atoms with Gasteiger partial charge in [0.05, 0.1) is 0 Å². The summed E-state index contributed by atoms with van der Waals surface area (Å²) >= 11 is 0. The molecule has 0 aliphatic heterocycles. The minimum Gasteiger partial charge on any atom is -0.462 e. The van der Waals surface area contributed by atoms with E-state index in [0.717, 1.165) is 96.3 Å². The molecule has 0 aliphatic carbocycles. The molecule has 0 aromatic carbocycles. The van der Waals surface area contributed by atoms with Crippen LogP contribution in [0.1, 0.15) is 361 Å². The van der Waals surface area contributed by atoms with Crippen molar-refractivity contribution in [2.24, 2.45) is 0 Å². The van der Waals surface area contributed by atoms with Gasteiger partial charge in [-0.1, -0.05) is 313 Å². The number of rotatable bonds is 63. The van der Waals surface area contributed by atoms with Crippen LogP contribution in [0.25, 0.3) is 0 Å². The minimum atomic E-state index is -0.778. The molecule has 0 fully saturated rings. The minimum absolute atomic E-state index is 0.0750. The quantitative estimate of drug-likeness (QED) is 0.0261. The number of allylic oxidation sites excluding steroid dienone is 10. The first-order chi connectivity index (χ1) is 38.5. The molecule has 0 bridgehead atoms. The molecule has 0 radical (unpaired) electrons. The molecule has 0 saturated carbocycles. The highest BCUT2D eigenvalue weighted by atomic mass is 16.6. The third-order valence-electron chi connectivity index (χ3n) is 15.2. The normalized spacial score (nSPS) is 12.4. The molecule has 6 heteroatoms. The Morgan fingerprint density at radius 1 is 0.256 bits per heavy atom. The molecule has 454 valence electrons. The molecule has 0 aromatic heterocycles. The van der Waals surface area contributed by atoms with Gasteiger partial charge in [-0.05, 0) is 89.9 Å². The topological polar surface area (TPSA) is 78.9 Å². The lowest BCUT2D eigenvalue weighted by molar-refractivity contribution is -0.167. The van der Waals surface area contributed by atoms with Gasteiger partial charge in [0.2, 0.25) is 0 Å². The maximum absolute atomic E-state index is 12.9. The first kappa shape index (κ1) is 75.1. The fourth-order valence-electron chi connectivity index (χ4n) is 10.1. The summed E-state index contributed by atoms with van der Waals surface area (Å²) in [6.45, 7) is 6.63. The zero-order valence-electron chi connectivity index (χ0n) is 52.2. The maximum Gasteiger partial charge on any atom is 0.306 e. The molecule has 0 N–H and O–H groups in total. The SMILES string of the molecule is CCCCC/C=C\C/C=C\CCCCCCCC(=O)OC(COC(=O)CCCCCCCCCCCCCC)COC(=O)CCCCCCCCCCCCCCCCCCCC/C=C\C/C=C\C/C=C\CCCCCCC. The van der Waals surface area contributed by atoms with Crippen molar-refractivity contribution in [3.8, 4) is 0 Å².